The quantitative estimate of drug-likeness (QED) is 0.303. The number of hydrogen-bond acceptors (Lipinski definition) is 3. The fourth-order valence-electron chi connectivity index (χ4n) is 2.47. The summed E-state index contributed by atoms with van der Waals surface area (Å²) in [5, 5.41) is 14.9. The molecule has 148 valence electrons. The number of carbonyl (C=O) groups is 3. The first-order valence-electron chi connectivity index (χ1n) is 7.84. The summed E-state index contributed by atoms with van der Waals surface area (Å²) in [6.07, 6.45) is 0. The maximum absolute atomic E-state index is 12.9. The number of nitrogens with one attached hydrogen (secondary N) is 2. The van der Waals surface area contributed by atoms with Gasteiger partial charge in [-0.15, -0.1) is 0 Å². The number of rotatable bonds is 6. The molecule has 0 aliphatic heterocycles. The van der Waals surface area contributed by atoms with Gasteiger partial charge in [-0.3, -0.25) is 14.4 Å². The Morgan fingerprint density at radius 2 is 1.36 bits per heavy atom. The van der Waals surface area contributed by atoms with Crippen LogP contribution in [0.25, 0.3) is 0 Å². The zero-order chi connectivity index (χ0) is 21.0. The zero-order valence-electron chi connectivity index (χ0n) is 14.4. The number of carbonyl (C=O) groups excluding carboxylic acids is 2. The molecule has 28 heavy (non-hydrogen) atoms. The van der Waals surface area contributed by atoms with Crippen LogP contribution >= 0.6 is 90.4 Å². The van der Waals surface area contributed by atoms with E-state index < -0.39 is 11.9 Å². The van der Waals surface area contributed by atoms with Crippen LogP contribution in [0.5, 0.6) is 0 Å². The number of halogens is 4. The fraction of sp³-hybridized carbons (Fsp3) is 0.167. The summed E-state index contributed by atoms with van der Waals surface area (Å²) >= 11 is 8.21. The summed E-state index contributed by atoms with van der Waals surface area (Å²) in [6, 6.07) is 8.79. The SMILES string of the molecule is CNC(=O)c1c(I)c(I)c(C(=O)NCC(C(=O)O)c2ccccc2)c(I)c1I. The number of aliphatic carboxylic acids is 1. The van der Waals surface area contributed by atoms with Crippen molar-refractivity contribution in [1.29, 1.82) is 0 Å². The molecular weight excluding hydrogens is 816 g/mol. The first kappa shape index (κ1) is 24.0. The van der Waals surface area contributed by atoms with Gasteiger partial charge in [-0.1, -0.05) is 30.3 Å². The summed E-state index contributed by atoms with van der Waals surface area (Å²) in [4.78, 5) is 36.7. The van der Waals surface area contributed by atoms with Gasteiger partial charge in [0.1, 0.15) is 0 Å². The molecular formula is C18H14I4N2O4. The van der Waals surface area contributed by atoms with Gasteiger partial charge in [-0.2, -0.15) is 0 Å². The first-order valence-corrected chi connectivity index (χ1v) is 12.2. The second-order valence-corrected chi connectivity index (χ2v) is 9.91. The van der Waals surface area contributed by atoms with Crippen LogP contribution in [-0.4, -0.2) is 36.5 Å². The largest absolute Gasteiger partial charge is 0.481 e. The molecule has 2 aromatic rings. The van der Waals surface area contributed by atoms with E-state index in [-0.39, 0.29) is 18.4 Å². The van der Waals surface area contributed by atoms with E-state index in [1.807, 2.05) is 51.2 Å². The number of hydrogen-bond donors (Lipinski definition) is 3. The van der Waals surface area contributed by atoms with Crippen LogP contribution < -0.4 is 10.6 Å². The molecule has 0 aromatic heterocycles. The van der Waals surface area contributed by atoms with Crippen molar-refractivity contribution >= 4 is 108 Å². The lowest BCUT2D eigenvalue weighted by atomic mass is 9.99. The van der Waals surface area contributed by atoms with E-state index in [4.69, 9.17) is 0 Å². The topological polar surface area (TPSA) is 95.5 Å². The molecule has 0 aliphatic carbocycles. The smallest absolute Gasteiger partial charge is 0.312 e. The van der Waals surface area contributed by atoms with Crippen molar-refractivity contribution < 1.29 is 19.5 Å². The van der Waals surface area contributed by atoms with Gasteiger partial charge in [0.25, 0.3) is 11.8 Å². The van der Waals surface area contributed by atoms with Crippen molar-refractivity contribution in [1.82, 2.24) is 10.6 Å². The Morgan fingerprint density at radius 1 is 0.893 bits per heavy atom. The lowest BCUT2D eigenvalue weighted by Gasteiger charge is -2.17. The minimum atomic E-state index is -1.00. The molecule has 1 atom stereocenters. The van der Waals surface area contributed by atoms with Crippen LogP contribution in [0.1, 0.15) is 32.2 Å². The van der Waals surface area contributed by atoms with Gasteiger partial charge >= 0.3 is 5.97 Å². The summed E-state index contributed by atoms with van der Waals surface area (Å²) < 4.78 is 2.69. The molecule has 0 bridgehead atoms. The third-order valence-corrected chi connectivity index (χ3v) is 10.3. The Bertz CT molecular complexity index is 906. The van der Waals surface area contributed by atoms with E-state index >= 15 is 0 Å². The number of amides is 2. The molecule has 1 unspecified atom stereocenters. The van der Waals surface area contributed by atoms with Crippen molar-refractivity contribution in [2.24, 2.45) is 0 Å². The molecule has 0 saturated heterocycles. The van der Waals surface area contributed by atoms with E-state index in [2.05, 4.69) is 55.8 Å². The van der Waals surface area contributed by atoms with E-state index in [1.165, 1.54) is 0 Å². The van der Waals surface area contributed by atoms with Crippen molar-refractivity contribution in [3.8, 4) is 0 Å². The Morgan fingerprint density at radius 3 is 1.79 bits per heavy atom. The van der Waals surface area contributed by atoms with Gasteiger partial charge in [0.2, 0.25) is 0 Å². The van der Waals surface area contributed by atoms with Crippen molar-refractivity contribution in [2.45, 2.75) is 5.92 Å². The predicted molar refractivity (Wildman–Crippen MR) is 140 cm³/mol. The highest BCUT2D eigenvalue weighted by molar-refractivity contribution is 14.1. The summed E-state index contributed by atoms with van der Waals surface area (Å²) in [5.74, 6) is -2.43. The van der Waals surface area contributed by atoms with Crippen LogP contribution in [-0.2, 0) is 4.79 Å². The minimum Gasteiger partial charge on any atom is -0.481 e. The molecule has 0 saturated carbocycles. The molecule has 0 radical (unpaired) electrons. The second kappa shape index (κ2) is 10.7. The van der Waals surface area contributed by atoms with Gasteiger partial charge in [0, 0.05) is 27.9 Å². The lowest BCUT2D eigenvalue weighted by molar-refractivity contribution is -0.138. The van der Waals surface area contributed by atoms with Crippen LogP contribution in [0.15, 0.2) is 30.3 Å². The van der Waals surface area contributed by atoms with E-state index in [0.717, 1.165) is 0 Å². The van der Waals surface area contributed by atoms with Gasteiger partial charge in [-0.25, -0.2) is 0 Å². The Balaban J connectivity index is 2.34. The summed E-state index contributed by atoms with van der Waals surface area (Å²) in [7, 11) is 1.56. The highest BCUT2D eigenvalue weighted by Crippen LogP contribution is 2.33. The molecule has 2 aromatic carbocycles. The zero-order valence-corrected chi connectivity index (χ0v) is 23.0. The van der Waals surface area contributed by atoms with Gasteiger partial charge in [0.05, 0.1) is 17.0 Å². The molecule has 0 fully saturated rings. The number of benzene rings is 2. The Hall–Kier alpha value is -0.230. The van der Waals surface area contributed by atoms with Gasteiger partial charge in [-0.05, 0) is 95.9 Å². The van der Waals surface area contributed by atoms with Crippen LogP contribution in [0.4, 0.5) is 0 Å². The van der Waals surface area contributed by atoms with E-state index in [9.17, 15) is 19.5 Å². The second-order valence-electron chi connectivity index (χ2n) is 5.60. The molecule has 2 rings (SSSR count). The molecule has 6 nitrogen and oxygen atoms in total. The average Bonchev–Trinajstić information content (AvgIpc) is 2.67. The van der Waals surface area contributed by atoms with Gasteiger partial charge < -0.3 is 15.7 Å². The number of carboxylic acid groups (broad SMARTS) is 1. The predicted octanol–water partition coefficient (Wildman–Crippen LogP) is 4.06. The lowest BCUT2D eigenvalue weighted by Crippen LogP contribution is -2.33. The highest BCUT2D eigenvalue weighted by atomic mass is 127. The average molecular weight is 830 g/mol. The maximum atomic E-state index is 12.9. The number of carboxylic acids is 1. The molecule has 0 aliphatic rings. The third kappa shape index (κ3) is 5.27. The normalized spacial score (nSPS) is 11.6. The van der Waals surface area contributed by atoms with Crippen molar-refractivity contribution in [3.05, 3.63) is 61.3 Å². The molecule has 0 heterocycles. The Kier molecular flexibility index (Phi) is 9.18. The van der Waals surface area contributed by atoms with E-state index in [0.29, 0.717) is 31.0 Å². The highest BCUT2D eigenvalue weighted by Gasteiger charge is 2.27. The van der Waals surface area contributed by atoms with Crippen LogP contribution in [0.3, 0.4) is 0 Å². The molecule has 3 N–H and O–H groups in total. The first-order chi connectivity index (χ1) is 13.2. The standard InChI is InChI=1S/C18H14I4N2O4/c1-23-16(25)10-12(19)14(21)11(15(22)13(10)20)17(26)24-7-9(18(27)28)8-5-3-2-4-6-8/h2-6,9H,7H2,1H3,(H,23,25)(H,24,26)(H,27,28). The summed E-state index contributed by atoms with van der Waals surface area (Å²) in [5.41, 5.74) is 1.60. The van der Waals surface area contributed by atoms with Crippen molar-refractivity contribution in [2.75, 3.05) is 13.6 Å². The van der Waals surface area contributed by atoms with Crippen LogP contribution in [0.2, 0.25) is 0 Å². The minimum absolute atomic E-state index is 0.0330. The third-order valence-electron chi connectivity index (χ3n) is 3.91. The monoisotopic (exact) mass is 830 g/mol. The van der Waals surface area contributed by atoms with Crippen molar-refractivity contribution in [3.63, 3.8) is 0 Å². The molecule has 0 spiro atoms. The van der Waals surface area contributed by atoms with Gasteiger partial charge in [0.15, 0.2) is 0 Å². The fourth-order valence-corrected chi connectivity index (χ4v) is 6.64. The molecule has 2 amide bonds. The van der Waals surface area contributed by atoms with E-state index in [1.54, 1.807) is 31.3 Å². The molecule has 10 heteroatoms. The summed E-state index contributed by atoms with van der Waals surface area (Å²) in [6.45, 7) is -0.0330. The maximum Gasteiger partial charge on any atom is 0.312 e. The Labute approximate surface area is 216 Å². The van der Waals surface area contributed by atoms with Crippen LogP contribution in [0, 0.1) is 14.3 Å².